The number of aromatic nitrogens is 1. The van der Waals surface area contributed by atoms with Crippen molar-refractivity contribution in [2.75, 3.05) is 20.3 Å². The van der Waals surface area contributed by atoms with Crippen LogP contribution < -0.4 is 0 Å². The van der Waals surface area contributed by atoms with Crippen molar-refractivity contribution in [3.05, 3.63) is 64.4 Å². The molecule has 2 aromatic heterocycles. The standard InChI is InChI=1S/C21H18N2O6S/c1-27-8-3-7-23-19(24)15-6-5-13(10-16(15)20(23)25)21(26)29-12-14-11-28-18(22-14)17-4-2-9-30-17/h2,4-6,9-11H,3,7-8,12H2,1H3. The Kier molecular flexibility index (Phi) is 5.73. The largest absolute Gasteiger partial charge is 0.455 e. The minimum atomic E-state index is -0.614. The number of nitrogens with zero attached hydrogens (tertiary/aromatic N) is 2. The SMILES string of the molecule is COCCCN1C(=O)c2ccc(C(=O)OCc3coc(-c4cccs4)n3)cc2C1=O. The highest BCUT2D eigenvalue weighted by atomic mass is 32.1. The van der Waals surface area contributed by atoms with E-state index >= 15 is 0 Å². The molecule has 0 bridgehead atoms. The van der Waals surface area contributed by atoms with Gasteiger partial charge in [-0.2, -0.15) is 0 Å². The Morgan fingerprint density at radius 3 is 2.80 bits per heavy atom. The average Bonchev–Trinajstić information content (AvgIpc) is 3.49. The predicted octanol–water partition coefficient (Wildman–Crippen LogP) is 3.39. The number of carbonyl (C=O) groups is 3. The summed E-state index contributed by atoms with van der Waals surface area (Å²) in [6.07, 6.45) is 1.98. The molecule has 1 aromatic carbocycles. The first-order valence-electron chi connectivity index (χ1n) is 9.23. The van der Waals surface area contributed by atoms with Gasteiger partial charge in [-0.15, -0.1) is 11.3 Å². The zero-order chi connectivity index (χ0) is 21.1. The summed E-state index contributed by atoms with van der Waals surface area (Å²) in [5.74, 6) is -0.935. The van der Waals surface area contributed by atoms with Crippen LogP contribution in [0.15, 0.2) is 46.4 Å². The maximum atomic E-state index is 12.6. The Balaban J connectivity index is 1.41. The summed E-state index contributed by atoms with van der Waals surface area (Å²) in [5, 5.41) is 1.91. The van der Waals surface area contributed by atoms with Crippen molar-refractivity contribution in [3.63, 3.8) is 0 Å². The molecule has 0 saturated carbocycles. The second kappa shape index (κ2) is 8.60. The van der Waals surface area contributed by atoms with Crippen LogP contribution in [0, 0.1) is 0 Å². The van der Waals surface area contributed by atoms with Crippen LogP contribution in [0.2, 0.25) is 0 Å². The van der Waals surface area contributed by atoms with Gasteiger partial charge < -0.3 is 13.9 Å². The van der Waals surface area contributed by atoms with E-state index in [1.165, 1.54) is 40.7 Å². The molecule has 8 nitrogen and oxygen atoms in total. The number of benzene rings is 1. The molecule has 2 amide bonds. The van der Waals surface area contributed by atoms with Crippen LogP contribution in [-0.4, -0.2) is 47.9 Å². The molecule has 0 aliphatic carbocycles. The fraction of sp³-hybridized carbons (Fsp3) is 0.238. The van der Waals surface area contributed by atoms with Crippen LogP contribution in [0.5, 0.6) is 0 Å². The van der Waals surface area contributed by atoms with Crippen molar-refractivity contribution in [3.8, 4) is 10.8 Å². The summed E-state index contributed by atoms with van der Waals surface area (Å²) in [5.41, 5.74) is 1.15. The van der Waals surface area contributed by atoms with E-state index < -0.39 is 11.9 Å². The van der Waals surface area contributed by atoms with Crippen LogP contribution in [-0.2, 0) is 16.1 Å². The zero-order valence-electron chi connectivity index (χ0n) is 16.1. The molecular formula is C21H18N2O6S. The molecule has 0 N–H and O–H groups in total. The third-order valence-corrected chi connectivity index (χ3v) is 5.43. The van der Waals surface area contributed by atoms with Gasteiger partial charge in [-0.1, -0.05) is 6.07 Å². The third-order valence-electron chi connectivity index (χ3n) is 4.57. The molecule has 0 spiro atoms. The van der Waals surface area contributed by atoms with Crippen LogP contribution in [0.4, 0.5) is 0 Å². The molecule has 3 aromatic rings. The highest BCUT2D eigenvalue weighted by Crippen LogP contribution is 2.26. The molecule has 0 saturated heterocycles. The first-order valence-corrected chi connectivity index (χ1v) is 10.1. The van der Waals surface area contributed by atoms with Gasteiger partial charge in [-0.25, -0.2) is 9.78 Å². The van der Waals surface area contributed by atoms with Crippen molar-refractivity contribution >= 4 is 29.1 Å². The molecule has 3 heterocycles. The fourth-order valence-corrected chi connectivity index (χ4v) is 3.75. The van der Waals surface area contributed by atoms with E-state index in [1.54, 1.807) is 7.11 Å². The van der Waals surface area contributed by atoms with E-state index in [1.807, 2.05) is 17.5 Å². The van der Waals surface area contributed by atoms with Gasteiger partial charge in [0, 0.05) is 20.3 Å². The molecule has 154 valence electrons. The van der Waals surface area contributed by atoms with Gasteiger partial charge in [0.2, 0.25) is 5.89 Å². The van der Waals surface area contributed by atoms with Gasteiger partial charge in [0.25, 0.3) is 11.8 Å². The predicted molar refractivity (Wildman–Crippen MR) is 107 cm³/mol. The lowest BCUT2D eigenvalue weighted by Gasteiger charge is -2.12. The molecule has 0 radical (unpaired) electrons. The van der Waals surface area contributed by atoms with Crippen LogP contribution in [0.3, 0.4) is 0 Å². The van der Waals surface area contributed by atoms with Gasteiger partial charge >= 0.3 is 5.97 Å². The number of esters is 1. The average molecular weight is 426 g/mol. The Hall–Kier alpha value is -3.30. The highest BCUT2D eigenvalue weighted by Gasteiger charge is 2.35. The molecule has 0 unspecified atom stereocenters. The van der Waals surface area contributed by atoms with Crippen molar-refractivity contribution < 1.29 is 28.3 Å². The topological polar surface area (TPSA) is 98.9 Å². The van der Waals surface area contributed by atoms with Gasteiger partial charge in [0.15, 0.2) is 0 Å². The summed E-state index contributed by atoms with van der Waals surface area (Å²) >= 11 is 1.49. The first kappa shape index (κ1) is 20.0. The quantitative estimate of drug-likeness (QED) is 0.309. The van der Waals surface area contributed by atoms with Gasteiger partial charge in [0.1, 0.15) is 18.6 Å². The van der Waals surface area contributed by atoms with Crippen LogP contribution >= 0.6 is 11.3 Å². The van der Waals surface area contributed by atoms with Crippen molar-refractivity contribution in [1.82, 2.24) is 9.88 Å². The Morgan fingerprint density at radius 2 is 2.03 bits per heavy atom. The van der Waals surface area contributed by atoms with E-state index in [9.17, 15) is 14.4 Å². The summed E-state index contributed by atoms with van der Waals surface area (Å²) in [6.45, 7) is 0.640. The summed E-state index contributed by atoms with van der Waals surface area (Å²) in [7, 11) is 1.56. The number of methoxy groups -OCH3 is 1. The monoisotopic (exact) mass is 426 g/mol. The molecule has 9 heteroatoms. The number of thiophene rings is 1. The van der Waals surface area contributed by atoms with Crippen molar-refractivity contribution in [2.24, 2.45) is 0 Å². The molecular weight excluding hydrogens is 408 g/mol. The molecule has 0 fully saturated rings. The van der Waals surface area contributed by atoms with E-state index in [4.69, 9.17) is 13.9 Å². The normalized spacial score (nSPS) is 13.0. The number of hydrogen-bond donors (Lipinski definition) is 0. The van der Waals surface area contributed by atoms with Crippen molar-refractivity contribution in [2.45, 2.75) is 13.0 Å². The lowest BCUT2D eigenvalue weighted by Crippen LogP contribution is -2.31. The second-order valence-electron chi connectivity index (χ2n) is 6.57. The van der Waals surface area contributed by atoms with Crippen molar-refractivity contribution in [1.29, 1.82) is 0 Å². The number of imide groups is 1. The van der Waals surface area contributed by atoms with Gasteiger partial charge in [-0.3, -0.25) is 14.5 Å². The van der Waals surface area contributed by atoms with E-state index in [0.29, 0.717) is 24.6 Å². The number of rotatable bonds is 8. The van der Waals surface area contributed by atoms with E-state index in [-0.39, 0.29) is 35.7 Å². The molecule has 30 heavy (non-hydrogen) atoms. The maximum absolute atomic E-state index is 12.6. The summed E-state index contributed by atoms with van der Waals surface area (Å²) in [4.78, 5) is 43.8. The zero-order valence-corrected chi connectivity index (χ0v) is 16.9. The Morgan fingerprint density at radius 1 is 1.20 bits per heavy atom. The molecule has 1 aliphatic rings. The smallest absolute Gasteiger partial charge is 0.338 e. The fourth-order valence-electron chi connectivity index (χ4n) is 3.10. The first-order chi connectivity index (χ1) is 14.6. The van der Waals surface area contributed by atoms with Gasteiger partial charge in [-0.05, 0) is 36.1 Å². The molecule has 0 atom stereocenters. The summed E-state index contributed by atoms with van der Waals surface area (Å²) in [6, 6.07) is 8.13. The number of carbonyl (C=O) groups excluding carboxylic acids is 3. The minimum absolute atomic E-state index is 0.0686. The second-order valence-corrected chi connectivity index (χ2v) is 7.51. The Labute approximate surface area is 176 Å². The molecule has 1 aliphatic heterocycles. The van der Waals surface area contributed by atoms with Crippen LogP contribution in [0.25, 0.3) is 10.8 Å². The number of fused-ring (bicyclic) bond motifs is 1. The maximum Gasteiger partial charge on any atom is 0.338 e. The minimum Gasteiger partial charge on any atom is -0.455 e. The number of oxazole rings is 1. The number of amides is 2. The lowest BCUT2D eigenvalue weighted by atomic mass is 10.1. The lowest BCUT2D eigenvalue weighted by molar-refractivity contribution is 0.0467. The summed E-state index contributed by atoms with van der Waals surface area (Å²) < 4.78 is 15.6. The van der Waals surface area contributed by atoms with E-state index in [0.717, 1.165) is 4.88 Å². The molecule has 4 rings (SSSR count). The van der Waals surface area contributed by atoms with Crippen LogP contribution in [0.1, 0.15) is 43.2 Å². The number of hydrogen-bond acceptors (Lipinski definition) is 8. The Bertz CT molecular complexity index is 1090. The number of ether oxygens (including phenoxy) is 2. The third kappa shape index (κ3) is 3.89. The highest BCUT2D eigenvalue weighted by molar-refractivity contribution is 7.13. The van der Waals surface area contributed by atoms with Gasteiger partial charge in [0.05, 0.1) is 21.6 Å². The van der Waals surface area contributed by atoms with E-state index in [2.05, 4.69) is 4.98 Å².